The molecule has 0 aliphatic heterocycles. The van der Waals surface area contributed by atoms with Gasteiger partial charge in [0, 0.05) is 36.4 Å². The van der Waals surface area contributed by atoms with E-state index >= 15 is 0 Å². The maximum Gasteiger partial charge on any atom is 0.249 e. The van der Waals surface area contributed by atoms with E-state index in [4.69, 9.17) is 5.73 Å². The third-order valence-corrected chi connectivity index (χ3v) is 4.47. The number of nitrogens with one attached hydrogen (secondary N) is 1. The Bertz CT molecular complexity index is 878. The third kappa shape index (κ3) is 3.55. The van der Waals surface area contributed by atoms with Crippen LogP contribution in [0.4, 0.5) is 5.82 Å². The van der Waals surface area contributed by atoms with Gasteiger partial charge in [0.15, 0.2) is 0 Å². The van der Waals surface area contributed by atoms with Crippen LogP contribution in [0.1, 0.15) is 24.2 Å². The van der Waals surface area contributed by atoms with Gasteiger partial charge in [0.25, 0.3) is 0 Å². The monoisotopic (exact) mass is 334 g/mol. The minimum Gasteiger partial charge on any atom is -0.384 e. The van der Waals surface area contributed by atoms with E-state index in [0.717, 1.165) is 22.2 Å². The molecule has 2 heterocycles. The van der Waals surface area contributed by atoms with Crippen molar-refractivity contribution in [2.75, 3.05) is 12.8 Å². The number of nitrogen functional groups attached to an aromatic ring is 1. The molecule has 3 aromatic rings. The van der Waals surface area contributed by atoms with E-state index in [0.29, 0.717) is 17.8 Å². The number of likely N-dealkylation sites (N-methyl/N-ethyl adjacent to an activating group) is 1. The number of benzene rings is 1. The van der Waals surface area contributed by atoms with Crippen molar-refractivity contribution in [3.8, 4) is 0 Å². The quantitative estimate of drug-likeness (QED) is 0.702. The normalized spacial score (nSPS) is 12.1. The predicted octanol–water partition coefficient (Wildman–Crippen LogP) is 3.46. The summed E-state index contributed by atoms with van der Waals surface area (Å²) in [5.41, 5.74) is 9.10. The number of anilines is 1. The first-order valence-corrected chi connectivity index (χ1v) is 8.18. The Labute approximate surface area is 147 Å². The molecule has 3 rings (SSSR count). The van der Waals surface area contributed by atoms with Gasteiger partial charge in [-0.05, 0) is 36.1 Å². The highest BCUT2D eigenvalue weighted by Gasteiger charge is 2.21. The van der Waals surface area contributed by atoms with E-state index in [1.54, 1.807) is 24.2 Å². The average Bonchev–Trinajstić information content (AvgIpc) is 3.05. The maximum atomic E-state index is 12.7. The highest BCUT2D eigenvalue weighted by atomic mass is 16.2. The molecular weight excluding hydrogens is 312 g/mol. The molecule has 3 N–H and O–H groups in total. The molecule has 0 radical (unpaired) electrons. The van der Waals surface area contributed by atoms with Crippen LogP contribution in [-0.2, 0) is 11.2 Å². The van der Waals surface area contributed by atoms with E-state index in [-0.39, 0.29) is 11.9 Å². The molecule has 2 aromatic heterocycles. The van der Waals surface area contributed by atoms with Gasteiger partial charge in [-0.15, -0.1) is 0 Å². The van der Waals surface area contributed by atoms with Crippen LogP contribution in [0.15, 0.2) is 60.8 Å². The number of H-pyrrole nitrogens is 1. The first-order chi connectivity index (χ1) is 12.0. The summed E-state index contributed by atoms with van der Waals surface area (Å²) in [6.45, 7) is 5.95. The van der Waals surface area contributed by atoms with Crippen molar-refractivity contribution in [1.82, 2.24) is 14.9 Å². The number of pyridine rings is 1. The van der Waals surface area contributed by atoms with Gasteiger partial charge in [-0.25, -0.2) is 4.98 Å². The number of aromatic amines is 1. The Balaban J connectivity index is 1.72. The molecule has 5 heteroatoms. The van der Waals surface area contributed by atoms with Crippen molar-refractivity contribution in [2.24, 2.45) is 0 Å². The number of aromatic nitrogens is 2. The summed E-state index contributed by atoms with van der Waals surface area (Å²) in [5, 5.41) is 1.14. The van der Waals surface area contributed by atoms with Gasteiger partial charge >= 0.3 is 0 Å². The van der Waals surface area contributed by atoms with Crippen LogP contribution in [0, 0.1) is 0 Å². The van der Waals surface area contributed by atoms with Crippen molar-refractivity contribution in [3.05, 3.63) is 72.1 Å². The van der Waals surface area contributed by atoms with Gasteiger partial charge in [0.2, 0.25) is 5.91 Å². The van der Waals surface area contributed by atoms with Crippen LogP contribution in [0.3, 0.4) is 0 Å². The number of hydrogen-bond acceptors (Lipinski definition) is 3. The van der Waals surface area contributed by atoms with Gasteiger partial charge in [-0.1, -0.05) is 30.8 Å². The summed E-state index contributed by atoms with van der Waals surface area (Å²) in [6, 6.07) is 13.7. The topological polar surface area (TPSA) is 75.0 Å². The summed E-state index contributed by atoms with van der Waals surface area (Å²) in [5.74, 6) is 0.383. The van der Waals surface area contributed by atoms with Crippen LogP contribution < -0.4 is 5.73 Å². The van der Waals surface area contributed by atoms with Crippen LogP contribution >= 0.6 is 0 Å². The smallest absolute Gasteiger partial charge is 0.249 e. The van der Waals surface area contributed by atoms with Gasteiger partial charge in [0.1, 0.15) is 5.82 Å². The Morgan fingerprint density at radius 3 is 2.76 bits per heavy atom. The molecule has 0 saturated heterocycles. The molecule has 1 amide bonds. The van der Waals surface area contributed by atoms with E-state index in [1.165, 1.54) is 0 Å². The predicted molar refractivity (Wildman–Crippen MR) is 101 cm³/mol. The van der Waals surface area contributed by atoms with E-state index < -0.39 is 0 Å². The lowest BCUT2D eigenvalue weighted by molar-refractivity contribution is -0.127. The largest absolute Gasteiger partial charge is 0.384 e. The average molecular weight is 334 g/mol. The zero-order chi connectivity index (χ0) is 18.0. The SMILES string of the molecule is C=C(Cc1ccc(N)nc1)C(=O)N(C)C(C)c1cc2ccccc2[nH]1. The molecule has 5 nitrogen and oxygen atoms in total. The van der Waals surface area contributed by atoms with Crippen molar-refractivity contribution in [1.29, 1.82) is 0 Å². The number of fused-ring (bicyclic) bond motifs is 1. The standard InChI is InChI=1S/C20H22N4O/c1-13(10-15-8-9-19(21)22-12-15)20(25)24(3)14(2)18-11-16-6-4-5-7-17(16)23-18/h4-9,11-12,14,23H,1,10H2,2-3H3,(H2,21,22). The minimum absolute atomic E-state index is 0.0806. The first kappa shape index (κ1) is 16.8. The number of nitrogens with zero attached hydrogens (tertiary/aromatic N) is 2. The van der Waals surface area contributed by atoms with Crippen molar-refractivity contribution < 1.29 is 4.79 Å². The molecule has 128 valence electrons. The molecule has 1 unspecified atom stereocenters. The Morgan fingerprint density at radius 1 is 1.32 bits per heavy atom. The molecule has 0 fully saturated rings. The lowest BCUT2D eigenvalue weighted by Crippen LogP contribution is -2.31. The van der Waals surface area contributed by atoms with Gasteiger partial charge in [-0.2, -0.15) is 0 Å². The zero-order valence-electron chi connectivity index (χ0n) is 14.5. The molecule has 0 aliphatic carbocycles. The van der Waals surface area contributed by atoms with E-state index in [1.807, 2.05) is 31.2 Å². The van der Waals surface area contributed by atoms with Gasteiger partial charge in [0.05, 0.1) is 6.04 Å². The maximum absolute atomic E-state index is 12.7. The summed E-state index contributed by atoms with van der Waals surface area (Å²) >= 11 is 0. The summed E-state index contributed by atoms with van der Waals surface area (Å²) in [4.78, 5) is 21.8. The fraction of sp³-hybridized carbons (Fsp3) is 0.200. The van der Waals surface area contributed by atoms with Crippen molar-refractivity contribution in [2.45, 2.75) is 19.4 Å². The van der Waals surface area contributed by atoms with Gasteiger partial charge in [-0.3, -0.25) is 4.79 Å². The highest BCUT2D eigenvalue weighted by Crippen LogP contribution is 2.24. The number of hydrogen-bond donors (Lipinski definition) is 2. The number of nitrogens with two attached hydrogens (primary N) is 1. The van der Waals surface area contributed by atoms with Crippen LogP contribution in [-0.4, -0.2) is 27.8 Å². The molecule has 1 atom stereocenters. The second-order valence-electron chi connectivity index (χ2n) is 6.28. The Hall–Kier alpha value is -3.08. The molecular formula is C20H22N4O. The molecule has 0 aliphatic rings. The Kier molecular flexibility index (Phi) is 4.57. The summed E-state index contributed by atoms with van der Waals surface area (Å²) in [6.07, 6.45) is 2.13. The van der Waals surface area contributed by atoms with E-state index in [9.17, 15) is 4.79 Å². The lowest BCUT2D eigenvalue weighted by atomic mass is 10.1. The first-order valence-electron chi connectivity index (χ1n) is 8.18. The molecule has 0 spiro atoms. The van der Waals surface area contributed by atoms with E-state index in [2.05, 4.69) is 28.7 Å². The van der Waals surface area contributed by atoms with Crippen LogP contribution in [0.2, 0.25) is 0 Å². The van der Waals surface area contributed by atoms with Crippen LogP contribution in [0.25, 0.3) is 10.9 Å². The summed E-state index contributed by atoms with van der Waals surface area (Å²) < 4.78 is 0. The number of carbonyl (C=O) groups excluding carboxylic acids is 1. The fourth-order valence-electron chi connectivity index (χ4n) is 2.82. The molecule has 1 aromatic carbocycles. The second-order valence-corrected chi connectivity index (χ2v) is 6.28. The molecule has 0 saturated carbocycles. The fourth-order valence-corrected chi connectivity index (χ4v) is 2.82. The third-order valence-electron chi connectivity index (χ3n) is 4.47. The minimum atomic E-state index is -0.0822. The Morgan fingerprint density at radius 2 is 2.08 bits per heavy atom. The zero-order valence-corrected chi connectivity index (χ0v) is 14.5. The molecule has 25 heavy (non-hydrogen) atoms. The molecule has 0 bridgehead atoms. The highest BCUT2D eigenvalue weighted by molar-refractivity contribution is 5.93. The second kappa shape index (κ2) is 6.81. The number of carbonyl (C=O) groups is 1. The van der Waals surface area contributed by atoms with Crippen molar-refractivity contribution >= 4 is 22.6 Å². The number of para-hydroxylation sites is 1. The van der Waals surface area contributed by atoms with Crippen molar-refractivity contribution in [3.63, 3.8) is 0 Å². The van der Waals surface area contributed by atoms with Crippen LogP contribution in [0.5, 0.6) is 0 Å². The lowest BCUT2D eigenvalue weighted by Gasteiger charge is -2.25. The number of rotatable bonds is 5. The van der Waals surface area contributed by atoms with Gasteiger partial charge < -0.3 is 15.6 Å². The summed E-state index contributed by atoms with van der Waals surface area (Å²) in [7, 11) is 1.80. The number of amides is 1.